The third kappa shape index (κ3) is 29.8. The van der Waals surface area contributed by atoms with Gasteiger partial charge in [-0.2, -0.15) is 0 Å². The van der Waals surface area contributed by atoms with E-state index in [9.17, 15) is 15.0 Å². The van der Waals surface area contributed by atoms with Crippen molar-refractivity contribution in [3.8, 4) is 0 Å². The minimum Gasteiger partial charge on any atom is -0.550 e. The molecule has 0 aromatic rings. The minimum atomic E-state index is -0.924. The van der Waals surface area contributed by atoms with E-state index in [-0.39, 0.29) is 12.5 Å². The smallest absolute Gasteiger partial charge is 0.105 e. The molecule has 0 heterocycles. The number of rotatable bonds is 30. The maximum atomic E-state index is 10.5. The van der Waals surface area contributed by atoms with Crippen LogP contribution < -0.4 is 5.11 Å². The number of aliphatic hydroxyl groups excluding tert-OH is 1. The minimum absolute atomic E-state index is 0.171. The number of aliphatic hydroxyl groups is 1. The molecule has 0 radical (unpaired) electrons. The van der Waals surface area contributed by atoms with Crippen molar-refractivity contribution in [2.75, 3.05) is 27.2 Å². The summed E-state index contributed by atoms with van der Waals surface area (Å²) in [5.41, 5.74) is 0. The van der Waals surface area contributed by atoms with E-state index in [1.54, 1.807) is 0 Å². The van der Waals surface area contributed by atoms with Gasteiger partial charge >= 0.3 is 0 Å². The number of carboxylic acids is 1. The van der Waals surface area contributed by atoms with Gasteiger partial charge in [0.15, 0.2) is 0 Å². The fourth-order valence-corrected chi connectivity index (χ4v) is 5.55. The second-order valence-corrected chi connectivity index (χ2v) is 12.5. The molecule has 0 bridgehead atoms. The molecular formula is C33H67NO3. The summed E-state index contributed by atoms with van der Waals surface area (Å²) in [4.78, 5) is 10.4. The first-order valence-electron chi connectivity index (χ1n) is 16.6. The summed E-state index contributed by atoms with van der Waals surface area (Å²) in [6, 6.07) is 0. The van der Waals surface area contributed by atoms with Crippen LogP contribution >= 0.6 is 0 Å². The molecule has 0 fully saturated rings. The van der Waals surface area contributed by atoms with Crippen molar-refractivity contribution in [2.24, 2.45) is 0 Å². The van der Waals surface area contributed by atoms with Gasteiger partial charge in [-0.3, -0.25) is 0 Å². The molecule has 4 nitrogen and oxygen atoms in total. The zero-order valence-corrected chi connectivity index (χ0v) is 25.6. The molecular weight excluding hydrogens is 458 g/mol. The van der Waals surface area contributed by atoms with Gasteiger partial charge in [0, 0.05) is 5.97 Å². The lowest BCUT2D eigenvalue weighted by Gasteiger charge is -2.32. The van der Waals surface area contributed by atoms with Crippen LogP contribution in [0.4, 0.5) is 0 Å². The molecule has 222 valence electrons. The number of unbranched alkanes of at least 4 members (excludes halogenated alkanes) is 22. The number of quaternary nitrogens is 1. The first kappa shape index (κ1) is 36.4. The van der Waals surface area contributed by atoms with Crippen molar-refractivity contribution in [2.45, 2.75) is 180 Å². The van der Waals surface area contributed by atoms with Gasteiger partial charge < -0.3 is 19.5 Å². The molecule has 0 rings (SSSR count). The zero-order chi connectivity index (χ0) is 27.5. The number of carboxylic acid groups (broad SMARTS) is 1. The van der Waals surface area contributed by atoms with Crippen LogP contribution in [0.1, 0.15) is 174 Å². The van der Waals surface area contributed by atoms with Crippen LogP contribution in [0, 0.1) is 0 Å². The van der Waals surface area contributed by atoms with Gasteiger partial charge in [-0.25, -0.2) is 0 Å². The van der Waals surface area contributed by atoms with E-state index in [0.29, 0.717) is 0 Å². The number of hydrogen-bond donors (Lipinski definition) is 1. The highest BCUT2D eigenvalue weighted by Gasteiger charge is 2.19. The van der Waals surface area contributed by atoms with Crippen LogP contribution in [-0.2, 0) is 4.79 Å². The number of likely N-dealkylation sites (N-methyl/N-ethyl adjacent to an activating group) is 1. The normalized spacial score (nSPS) is 12.8. The maximum absolute atomic E-state index is 10.5. The third-order valence-electron chi connectivity index (χ3n) is 7.99. The molecule has 0 spiro atoms. The quantitative estimate of drug-likeness (QED) is 0.0757. The Hall–Kier alpha value is -0.610. The van der Waals surface area contributed by atoms with Gasteiger partial charge in [-0.15, -0.1) is 0 Å². The number of carbonyl (C=O) groups excluding carboxylic acids is 1. The molecule has 37 heavy (non-hydrogen) atoms. The Kier molecular flexibility index (Phi) is 26.5. The monoisotopic (exact) mass is 526 g/mol. The molecule has 0 aromatic heterocycles. The molecule has 0 aliphatic carbocycles. The summed E-state index contributed by atoms with van der Waals surface area (Å²) in [6.07, 6.45) is 32.4. The third-order valence-corrected chi connectivity index (χ3v) is 7.99. The summed E-state index contributed by atoms with van der Waals surface area (Å²) in [5.74, 6) is -0.924. The summed E-state index contributed by atoms with van der Waals surface area (Å²) < 4.78 is 0.908. The average Bonchev–Trinajstić information content (AvgIpc) is 2.84. The molecule has 0 saturated heterocycles. The van der Waals surface area contributed by atoms with E-state index >= 15 is 0 Å². The van der Waals surface area contributed by atoms with Gasteiger partial charge in [-0.05, 0) is 32.1 Å². The van der Waals surface area contributed by atoms with E-state index < -0.39 is 5.97 Å². The van der Waals surface area contributed by atoms with E-state index in [1.807, 2.05) is 0 Å². The van der Waals surface area contributed by atoms with E-state index in [0.717, 1.165) is 49.7 Å². The van der Waals surface area contributed by atoms with Crippen LogP contribution in [-0.4, -0.2) is 48.8 Å². The summed E-state index contributed by atoms with van der Waals surface area (Å²) in [5, 5.41) is 20.9. The Morgan fingerprint density at radius 2 is 0.946 bits per heavy atom. The standard InChI is InChI=1S/C33H67NO3/c1-4-5-6-7-8-9-10-11-12-13-14-15-16-17-19-22-25-28-32(35)31-34(2,3)30-27-24-21-18-20-23-26-29-33(36)37/h32,35H,4-31H2,1-3H3. The van der Waals surface area contributed by atoms with Gasteiger partial charge in [0.05, 0.1) is 20.6 Å². The second-order valence-electron chi connectivity index (χ2n) is 12.5. The van der Waals surface area contributed by atoms with Gasteiger partial charge in [0.25, 0.3) is 0 Å². The predicted octanol–water partition coefficient (Wildman–Crippen LogP) is 8.34. The van der Waals surface area contributed by atoms with Gasteiger partial charge in [0.1, 0.15) is 12.6 Å². The molecule has 1 N–H and O–H groups in total. The Labute approximate surface area is 232 Å². The van der Waals surface area contributed by atoms with Crippen molar-refractivity contribution in [1.29, 1.82) is 0 Å². The molecule has 1 atom stereocenters. The maximum Gasteiger partial charge on any atom is 0.105 e. The largest absolute Gasteiger partial charge is 0.550 e. The molecule has 0 saturated carbocycles. The predicted molar refractivity (Wildman–Crippen MR) is 159 cm³/mol. The SMILES string of the molecule is CCCCCCCCCCCCCCCCCCCC(O)C[N+](C)(C)CCCCCCCCCC(=O)[O-]. The number of hydrogen-bond acceptors (Lipinski definition) is 3. The molecule has 1 unspecified atom stereocenters. The van der Waals surface area contributed by atoms with Gasteiger partial charge in [-0.1, -0.05) is 142 Å². The fraction of sp³-hybridized carbons (Fsp3) is 0.970. The molecule has 0 aliphatic rings. The van der Waals surface area contributed by atoms with Crippen molar-refractivity contribution in [1.82, 2.24) is 0 Å². The highest BCUT2D eigenvalue weighted by atomic mass is 16.4. The molecule has 0 aliphatic heterocycles. The van der Waals surface area contributed by atoms with E-state index in [2.05, 4.69) is 21.0 Å². The average molecular weight is 526 g/mol. The Bertz CT molecular complexity index is 480. The Morgan fingerprint density at radius 3 is 1.35 bits per heavy atom. The topological polar surface area (TPSA) is 60.4 Å². The number of carbonyl (C=O) groups is 1. The molecule has 4 heteroatoms. The first-order valence-corrected chi connectivity index (χ1v) is 16.6. The van der Waals surface area contributed by atoms with Crippen LogP contribution in [0.3, 0.4) is 0 Å². The lowest BCUT2D eigenvalue weighted by molar-refractivity contribution is -0.893. The van der Waals surface area contributed by atoms with Crippen molar-refractivity contribution in [3.63, 3.8) is 0 Å². The summed E-state index contributed by atoms with van der Waals surface area (Å²) in [7, 11) is 4.50. The Balaban J connectivity index is 3.40. The first-order chi connectivity index (χ1) is 17.9. The highest BCUT2D eigenvalue weighted by Crippen LogP contribution is 2.16. The number of aliphatic carboxylic acids is 1. The van der Waals surface area contributed by atoms with Crippen LogP contribution in [0.15, 0.2) is 0 Å². The molecule has 0 amide bonds. The zero-order valence-electron chi connectivity index (χ0n) is 25.6. The lowest BCUT2D eigenvalue weighted by atomic mass is 10.0. The van der Waals surface area contributed by atoms with E-state index in [1.165, 1.54) is 128 Å². The van der Waals surface area contributed by atoms with Crippen molar-refractivity contribution < 1.29 is 19.5 Å². The highest BCUT2D eigenvalue weighted by molar-refractivity contribution is 5.64. The van der Waals surface area contributed by atoms with Crippen molar-refractivity contribution in [3.05, 3.63) is 0 Å². The van der Waals surface area contributed by atoms with Crippen molar-refractivity contribution >= 4 is 5.97 Å². The second kappa shape index (κ2) is 27.0. The lowest BCUT2D eigenvalue weighted by Crippen LogP contribution is -2.45. The van der Waals surface area contributed by atoms with Crippen LogP contribution in [0.2, 0.25) is 0 Å². The van der Waals surface area contributed by atoms with Gasteiger partial charge in [0.2, 0.25) is 0 Å². The van der Waals surface area contributed by atoms with Crippen LogP contribution in [0.25, 0.3) is 0 Å². The molecule has 0 aromatic carbocycles. The van der Waals surface area contributed by atoms with E-state index in [4.69, 9.17) is 0 Å². The van der Waals surface area contributed by atoms with Crippen LogP contribution in [0.5, 0.6) is 0 Å². The fourth-order valence-electron chi connectivity index (χ4n) is 5.55. The summed E-state index contributed by atoms with van der Waals surface area (Å²) in [6.45, 7) is 4.28. The Morgan fingerprint density at radius 1 is 0.595 bits per heavy atom. The summed E-state index contributed by atoms with van der Waals surface area (Å²) >= 11 is 0. The number of nitrogens with zero attached hydrogens (tertiary/aromatic N) is 1.